The molecular formula is C20H46O4Si2. The highest BCUT2D eigenvalue weighted by Crippen LogP contribution is 2.25. The van der Waals surface area contributed by atoms with Gasteiger partial charge in [0.05, 0.1) is 0 Å². The second kappa shape index (κ2) is 16.2. The molecule has 0 spiro atoms. The molecule has 0 aliphatic rings. The standard InChI is InChI=1S/C20H46O4Si2/c1-7-11-15-21-25(5,22-16-12-8-2)19-20-26(6,23-17-13-9-3)24-18-14-10-4/h7-20H2,1-6H3. The smallest absolute Gasteiger partial charge is 0.334 e. The van der Waals surface area contributed by atoms with Gasteiger partial charge in [0, 0.05) is 26.4 Å². The molecule has 0 bridgehead atoms. The van der Waals surface area contributed by atoms with E-state index < -0.39 is 17.1 Å². The minimum atomic E-state index is -2.15. The Hall–Kier alpha value is 0.274. The van der Waals surface area contributed by atoms with Crippen molar-refractivity contribution in [1.82, 2.24) is 0 Å². The zero-order valence-corrected chi connectivity index (χ0v) is 20.5. The molecule has 0 aromatic carbocycles. The average molecular weight is 407 g/mol. The summed E-state index contributed by atoms with van der Waals surface area (Å²) in [5, 5.41) is 0. The van der Waals surface area contributed by atoms with E-state index in [9.17, 15) is 0 Å². The maximum Gasteiger partial charge on any atom is 0.334 e. The SMILES string of the molecule is CCCCO[Si](C)(CC[Si](C)(OCCCC)OCCCC)OCCCC. The van der Waals surface area contributed by atoms with E-state index in [1.54, 1.807) is 0 Å². The van der Waals surface area contributed by atoms with Crippen LogP contribution in [-0.2, 0) is 17.7 Å². The van der Waals surface area contributed by atoms with E-state index in [1.807, 2.05) is 0 Å². The van der Waals surface area contributed by atoms with Crippen LogP contribution < -0.4 is 0 Å². The van der Waals surface area contributed by atoms with E-state index in [1.165, 1.54) is 0 Å². The molecule has 0 aromatic rings. The maximum absolute atomic E-state index is 6.29. The van der Waals surface area contributed by atoms with E-state index in [2.05, 4.69) is 40.8 Å². The van der Waals surface area contributed by atoms with Crippen LogP contribution in [0.3, 0.4) is 0 Å². The molecule has 0 fully saturated rings. The molecule has 0 aliphatic heterocycles. The Morgan fingerprint density at radius 3 is 0.885 bits per heavy atom. The number of unbranched alkanes of at least 4 members (excludes halogenated alkanes) is 4. The van der Waals surface area contributed by atoms with Gasteiger partial charge in [-0.25, -0.2) is 0 Å². The van der Waals surface area contributed by atoms with Crippen molar-refractivity contribution in [3.63, 3.8) is 0 Å². The molecule has 26 heavy (non-hydrogen) atoms. The first-order valence-corrected chi connectivity index (χ1v) is 16.1. The summed E-state index contributed by atoms with van der Waals surface area (Å²) in [5.41, 5.74) is 0. The lowest BCUT2D eigenvalue weighted by molar-refractivity contribution is 0.158. The van der Waals surface area contributed by atoms with Crippen LogP contribution in [0.25, 0.3) is 0 Å². The molecule has 158 valence electrons. The van der Waals surface area contributed by atoms with E-state index >= 15 is 0 Å². The van der Waals surface area contributed by atoms with E-state index in [4.69, 9.17) is 17.7 Å². The number of rotatable bonds is 19. The first-order valence-electron chi connectivity index (χ1n) is 11.0. The molecular weight excluding hydrogens is 360 g/mol. The molecule has 0 atom stereocenters. The topological polar surface area (TPSA) is 36.9 Å². The van der Waals surface area contributed by atoms with Gasteiger partial charge in [-0.1, -0.05) is 53.4 Å². The van der Waals surface area contributed by atoms with Crippen LogP contribution in [0.2, 0.25) is 25.2 Å². The predicted octanol–water partition coefficient (Wildman–Crippen LogP) is 6.40. The van der Waals surface area contributed by atoms with Gasteiger partial charge in [0.2, 0.25) is 0 Å². The Labute approximate surface area is 165 Å². The lowest BCUT2D eigenvalue weighted by atomic mass is 10.4. The Morgan fingerprint density at radius 2 is 0.692 bits per heavy atom. The van der Waals surface area contributed by atoms with Crippen LogP contribution in [0.15, 0.2) is 0 Å². The van der Waals surface area contributed by atoms with Crippen LogP contribution in [0.4, 0.5) is 0 Å². The fourth-order valence-electron chi connectivity index (χ4n) is 2.56. The first kappa shape index (κ1) is 26.3. The minimum absolute atomic E-state index is 0.816. The van der Waals surface area contributed by atoms with Crippen molar-refractivity contribution < 1.29 is 17.7 Å². The zero-order chi connectivity index (χ0) is 19.7. The molecule has 0 saturated heterocycles. The van der Waals surface area contributed by atoms with Crippen LogP contribution in [0.5, 0.6) is 0 Å². The summed E-state index contributed by atoms with van der Waals surface area (Å²) in [6.07, 6.45) is 9.06. The molecule has 0 N–H and O–H groups in total. The maximum atomic E-state index is 6.29. The number of hydrogen-bond donors (Lipinski definition) is 0. The lowest BCUT2D eigenvalue weighted by Gasteiger charge is -2.32. The Morgan fingerprint density at radius 1 is 0.462 bits per heavy atom. The van der Waals surface area contributed by atoms with Crippen molar-refractivity contribution in [3.8, 4) is 0 Å². The molecule has 0 amide bonds. The molecule has 0 rings (SSSR count). The van der Waals surface area contributed by atoms with Crippen molar-refractivity contribution in [3.05, 3.63) is 0 Å². The summed E-state index contributed by atoms with van der Waals surface area (Å²) in [6.45, 7) is 16.5. The Balaban J connectivity index is 4.74. The minimum Gasteiger partial charge on any atom is -0.394 e. The van der Waals surface area contributed by atoms with E-state index in [-0.39, 0.29) is 0 Å². The molecule has 0 aliphatic carbocycles. The second-order valence-electron chi connectivity index (χ2n) is 7.58. The summed E-state index contributed by atoms with van der Waals surface area (Å²) < 4.78 is 25.2. The third kappa shape index (κ3) is 13.4. The largest absolute Gasteiger partial charge is 0.394 e. The molecule has 0 radical (unpaired) electrons. The van der Waals surface area contributed by atoms with Crippen molar-refractivity contribution in [1.29, 1.82) is 0 Å². The Kier molecular flexibility index (Phi) is 16.4. The highest BCUT2D eigenvalue weighted by atomic mass is 28.4. The van der Waals surface area contributed by atoms with Crippen molar-refractivity contribution in [2.45, 2.75) is 104 Å². The van der Waals surface area contributed by atoms with Gasteiger partial charge in [0.25, 0.3) is 0 Å². The Bertz CT molecular complexity index is 266. The molecule has 6 heteroatoms. The molecule has 0 unspecified atom stereocenters. The van der Waals surface area contributed by atoms with Gasteiger partial charge >= 0.3 is 17.1 Å². The van der Waals surface area contributed by atoms with Gasteiger partial charge in [0.1, 0.15) is 0 Å². The molecule has 0 aromatic heterocycles. The van der Waals surface area contributed by atoms with Gasteiger partial charge < -0.3 is 17.7 Å². The number of hydrogen-bond acceptors (Lipinski definition) is 4. The van der Waals surface area contributed by atoms with Crippen molar-refractivity contribution in [2.75, 3.05) is 26.4 Å². The molecule has 0 saturated carbocycles. The molecule has 4 nitrogen and oxygen atoms in total. The zero-order valence-electron chi connectivity index (χ0n) is 18.5. The first-order chi connectivity index (χ1) is 12.4. The van der Waals surface area contributed by atoms with Crippen molar-refractivity contribution >= 4 is 17.1 Å². The van der Waals surface area contributed by atoms with E-state index in [0.717, 1.165) is 89.9 Å². The summed E-state index contributed by atoms with van der Waals surface area (Å²) >= 11 is 0. The summed E-state index contributed by atoms with van der Waals surface area (Å²) in [5.74, 6) is 0. The van der Waals surface area contributed by atoms with Crippen LogP contribution in [0.1, 0.15) is 79.1 Å². The normalized spacial score (nSPS) is 12.7. The summed E-state index contributed by atoms with van der Waals surface area (Å²) in [6, 6.07) is 1.95. The summed E-state index contributed by atoms with van der Waals surface area (Å²) in [4.78, 5) is 0. The van der Waals surface area contributed by atoms with Gasteiger partial charge in [-0.15, -0.1) is 0 Å². The molecule has 0 heterocycles. The highest BCUT2D eigenvalue weighted by Gasteiger charge is 2.39. The van der Waals surface area contributed by atoms with E-state index in [0.29, 0.717) is 0 Å². The van der Waals surface area contributed by atoms with Gasteiger partial charge in [-0.05, 0) is 50.9 Å². The van der Waals surface area contributed by atoms with Gasteiger partial charge in [0.15, 0.2) is 0 Å². The van der Waals surface area contributed by atoms with Crippen LogP contribution >= 0.6 is 0 Å². The van der Waals surface area contributed by atoms with Crippen molar-refractivity contribution in [2.24, 2.45) is 0 Å². The van der Waals surface area contributed by atoms with Crippen LogP contribution in [-0.4, -0.2) is 43.5 Å². The van der Waals surface area contributed by atoms with Gasteiger partial charge in [-0.2, -0.15) is 0 Å². The average Bonchev–Trinajstić information content (AvgIpc) is 2.61. The van der Waals surface area contributed by atoms with Crippen LogP contribution in [0, 0.1) is 0 Å². The monoisotopic (exact) mass is 406 g/mol. The summed E-state index contributed by atoms with van der Waals surface area (Å²) in [7, 11) is -4.31. The fourth-order valence-corrected chi connectivity index (χ4v) is 9.24. The van der Waals surface area contributed by atoms with Gasteiger partial charge in [-0.3, -0.25) is 0 Å². The fraction of sp³-hybridized carbons (Fsp3) is 1.00. The highest BCUT2D eigenvalue weighted by molar-refractivity contribution is 6.71. The third-order valence-corrected chi connectivity index (χ3v) is 10.7. The lowest BCUT2D eigenvalue weighted by Crippen LogP contribution is -2.45. The predicted molar refractivity (Wildman–Crippen MR) is 116 cm³/mol. The second-order valence-corrected chi connectivity index (χ2v) is 14.3. The quantitative estimate of drug-likeness (QED) is 0.184. The third-order valence-electron chi connectivity index (χ3n) is 4.65.